The van der Waals surface area contributed by atoms with Gasteiger partial charge < -0.3 is 4.98 Å². The Morgan fingerprint density at radius 1 is 1.37 bits per heavy atom. The van der Waals surface area contributed by atoms with Crippen molar-refractivity contribution in [1.29, 1.82) is 0 Å². The van der Waals surface area contributed by atoms with Crippen molar-refractivity contribution in [1.82, 2.24) is 9.97 Å². The van der Waals surface area contributed by atoms with Gasteiger partial charge in [-0.05, 0) is 41.4 Å². The highest BCUT2D eigenvalue weighted by atomic mass is 79.9. The molecule has 0 saturated carbocycles. The van der Waals surface area contributed by atoms with Crippen LogP contribution in [0.1, 0.15) is 24.0 Å². The van der Waals surface area contributed by atoms with E-state index in [1.165, 1.54) is 0 Å². The number of thioether (sulfide) groups is 1. The van der Waals surface area contributed by atoms with E-state index in [0.717, 1.165) is 26.4 Å². The average molecular weight is 339 g/mol. The van der Waals surface area contributed by atoms with Crippen LogP contribution in [0.5, 0.6) is 0 Å². The van der Waals surface area contributed by atoms with Crippen LogP contribution in [0.3, 0.4) is 0 Å². The molecule has 19 heavy (non-hydrogen) atoms. The van der Waals surface area contributed by atoms with Crippen molar-refractivity contribution in [2.45, 2.75) is 30.9 Å². The molecule has 0 spiro atoms. The van der Waals surface area contributed by atoms with Crippen molar-refractivity contribution in [3.05, 3.63) is 56.2 Å². The molecule has 0 aliphatic rings. The van der Waals surface area contributed by atoms with Crippen molar-refractivity contribution in [3.63, 3.8) is 0 Å². The summed E-state index contributed by atoms with van der Waals surface area (Å²) < 4.78 is 1.06. The van der Waals surface area contributed by atoms with Gasteiger partial charge in [-0.3, -0.25) is 4.79 Å². The molecule has 1 aromatic heterocycles. The Bertz CT molecular complexity index is 640. The largest absolute Gasteiger partial charge is 0.310 e. The predicted molar refractivity (Wildman–Crippen MR) is 82.7 cm³/mol. The number of aryl methyl sites for hydroxylation is 1. The van der Waals surface area contributed by atoms with E-state index in [-0.39, 0.29) is 5.56 Å². The third-order valence-electron chi connectivity index (χ3n) is 2.83. The molecule has 0 unspecified atom stereocenters. The van der Waals surface area contributed by atoms with Crippen LogP contribution in [0.25, 0.3) is 0 Å². The van der Waals surface area contributed by atoms with Gasteiger partial charge in [0.1, 0.15) is 5.82 Å². The zero-order valence-corrected chi connectivity index (χ0v) is 13.3. The van der Waals surface area contributed by atoms with Gasteiger partial charge in [0.2, 0.25) is 0 Å². The first kappa shape index (κ1) is 14.3. The summed E-state index contributed by atoms with van der Waals surface area (Å²) in [6.45, 7) is 3.86. The molecule has 0 bridgehead atoms. The molecular weight excluding hydrogens is 324 g/mol. The van der Waals surface area contributed by atoms with Crippen molar-refractivity contribution in [2.24, 2.45) is 0 Å². The van der Waals surface area contributed by atoms with Crippen LogP contribution in [0.2, 0.25) is 0 Å². The maximum Gasteiger partial charge on any atom is 0.254 e. The second kappa shape index (κ2) is 6.39. The van der Waals surface area contributed by atoms with Crippen molar-refractivity contribution in [3.8, 4) is 0 Å². The first-order valence-corrected chi connectivity index (χ1v) is 7.85. The lowest BCUT2D eigenvalue weighted by molar-refractivity contribution is 0.907. The maximum absolute atomic E-state index is 11.9. The molecule has 3 nitrogen and oxygen atoms in total. The highest BCUT2D eigenvalue weighted by Gasteiger charge is 2.07. The number of aromatic nitrogens is 2. The highest BCUT2D eigenvalue weighted by molar-refractivity contribution is 9.10. The molecule has 0 aliphatic heterocycles. The number of hydrogen-bond acceptors (Lipinski definition) is 3. The number of nitrogens with zero attached hydrogens (tertiary/aromatic N) is 1. The molecule has 1 aromatic carbocycles. The zero-order chi connectivity index (χ0) is 13.8. The van der Waals surface area contributed by atoms with Crippen LogP contribution in [-0.4, -0.2) is 9.97 Å². The third kappa shape index (κ3) is 3.48. The van der Waals surface area contributed by atoms with Crippen LogP contribution >= 0.6 is 27.7 Å². The molecule has 0 fully saturated rings. The lowest BCUT2D eigenvalue weighted by Gasteiger charge is -2.06. The fraction of sp³-hybridized carbons (Fsp3) is 0.286. The number of hydrogen-bond donors (Lipinski definition) is 1. The lowest BCUT2D eigenvalue weighted by atomic mass is 10.2. The Hall–Kier alpha value is -1.07. The van der Waals surface area contributed by atoms with Gasteiger partial charge in [-0.25, -0.2) is 4.98 Å². The molecular formula is C14H15BrN2OS. The Morgan fingerprint density at radius 2 is 2.11 bits per heavy atom. The number of aromatic amines is 1. The molecule has 1 N–H and O–H groups in total. The van der Waals surface area contributed by atoms with Crippen molar-refractivity contribution < 1.29 is 0 Å². The van der Waals surface area contributed by atoms with Gasteiger partial charge >= 0.3 is 0 Å². The summed E-state index contributed by atoms with van der Waals surface area (Å²) in [6.07, 6.45) is 0.714. The van der Waals surface area contributed by atoms with Gasteiger partial charge in [0.15, 0.2) is 0 Å². The average Bonchev–Trinajstić information content (AvgIpc) is 2.37. The molecule has 100 valence electrons. The third-order valence-corrected chi connectivity index (χ3v) is 4.86. The van der Waals surface area contributed by atoms with Crippen LogP contribution in [0, 0.1) is 6.92 Å². The van der Waals surface area contributed by atoms with E-state index in [1.54, 1.807) is 11.8 Å². The minimum Gasteiger partial charge on any atom is -0.310 e. The van der Waals surface area contributed by atoms with Crippen molar-refractivity contribution >= 4 is 27.7 Å². The minimum atomic E-state index is -0.0160. The second-order valence-electron chi connectivity index (χ2n) is 4.15. The number of benzene rings is 1. The number of halogens is 1. The lowest BCUT2D eigenvalue weighted by Crippen LogP contribution is -2.18. The topological polar surface area (TPSA) is 45.8 Å². The van der Waals surface area contributed by atoms with Gasteiger partial charge in [0, 0.05) is 20.6 Å². The van der Waals surface area contributed by atoms with E-state index in [4.69, 9.17) is 0 Å². The van der Waals surface area contributed by atoms with Crippen molar-refractivity contribution in [2.75, 3.05) is 0 Å². The second-order valence-corrected chi connectivity index (χ2v) is 6.02. The first-order valence-electron chi connectivity index (χ1n) is 6.07. The first-order chi connectivity index (χ1) is 9.11. The van der Waals surface area contributed by atoms with Crippen LogP contribution in [-0.2, 0) is 12.2 Å². The Kier molecular flexibility index (Phi) is 4.82. The SMILES string of the molecule is CCc1c(C)nc(CSc2ccccc2Br)[nH]c1=O. The monoisotopic (exact) mass is 338 g/mol. The Labute approximate surface area is 125 Å². The van der Waals surface area contributed by atoms with Crippen LogP contribution in [0.4, 0.5) is 0 Å². The normalized spacial score (nSPS) is 10.7. The quantitative estimate of drug-likeness (QED) is 0.864. The fourth-order valence-electron chi connectivity index (χ4n) is 1.86. The summed E-state index contributed by atoms with van der Waals surface area (Å²) in [4.78, 5) is 20.3. The number of H-pyrrole nitrogens is 1. The molecule has 0 radical (unpaired) electrons. The minimum absolute atomic E-state index is 0.0160. The highest BCUT2D eigenvalue weighted by Crippen LogP contribution is 2.28. The van der Waals surface area contributed by atoms with E-state index in [9.17, 15) is 4.79 Å². The van der Waals surface area contributed by atoms with E-state index >= 15 is 0 Å². The number of rotatable bonds is 4. The summed E-state index contributed by atoms with van der Waals surface area (Å²) in [7, 11) is 0. The fourth-order valence-corrected chi connectivity index (χ4v) is 3.30. The van der Waals surface area contributed by atoms with Gasteiger partial charge in [-0.1, -0.05) is 19.1 Å². The predicted octanol–water partition coefficient (Wildman–Crippen LogP) is 3.70. The van der Waals surface area contributed by atoms with E-state index in [2.05, 4.69) is 25.9 Å². The molecule has 2 rings (SSSR count). The summed E-state index contributed by atoms with van der Waals surface area (Å²) in [6, 6.07) is 8.02. The smallest absolute Gasteiger partial charge is 0.254 e. The summed E-state index contributed by atoms with van der Waals surface area (Å²) in [5, 5.41) is 0. The van der Waals surface area contributed by atoms with Gasteiger partial charge in [0.05, 0.1) is 5.75 Å². The molecule has 0 saturated heterocycles. The summed E-state index contributed by atoms with van der Waals surface area (Å²) >= 11 is 5.16. The van der Waals surface area contributed by atoms with Crippen LogP contribution < -0.4 is 5.56 Å². The molecule has 2 aromatic rings. The maximum atomic E-state index is 11.9. The summed E-state index contributed by atoms with van der Waals surface area (Å²) in [5.74, 6) is 1.38. The molecule has 0 amide bonds. The van der Waals surface area contributed by atoms with Gasteiger partial charge in [0.25, 0.3) is 5.56 Å². The molecule has 0 aliphatic carbocycles. The zero-order valence-electron chi connectivity index (χ0n) is 10.9. The number of nitrogens with one attached hydrogen (secondary N) is 1. The molecule has 0 atom stereocenters. The van der Waals surface area contributed by atoms with E-state index < -0.39 is 0 Å². The van der Waals surface area contributed by atoms with Gasteiger partial charge in [-0.2, -0.15) is 0 Å². The Balaban J connectivity index is 2.17. The van der Waals surface area contributed by atoms with E-state index in [0.29, 0.717) is 12.2 Å². The molecule has 1 heterocycles. The Morgan fingerprint density at radius 3 is 2.74 bits per heavy atom. The summed E-state index contributed by atoms with van der Waals surface area (Å²) in [5.41, 5.74) is 1.58. The van der Waals surface area contributed by atoms with Gasteiger partial charge in [-0.15, -0.1) is 11.8 Å². The van der Waals surface area contributed by atoms with E-state index in [1.807, 2.05) is 38.1 Å². The molecule has 5 heteroatoms. The standard InChI is InChI=1S/C14H15BrN2OS/c1-3-10-9(2)16-13(17-14(10)18)8-19-12-7-5-4-6-11(12)15/h4-7H,3,8H2,1-2H3,(H,16,17,18). The van der Waals surface area contributed by atoms with Crippen LogP contribution in [0.15, 0.2) is 38.4 Å².